The average molecular weight is 409 g/mol. The smallest absolute Gasteiger partial charge is 0.351 e. The maximum absolute atomic E-state index is 12.7. The van der Waals surface area contributed by atoms with Crippen LogP contribution in [0.5, 0.6) is 0 Å². The molecule has 2 aromatic rings. The number of amides is 3. The summed E-state index contributed by atoms with van der Waals surface area (Å²) in [5.41, 5.74) is 5.13. The SMILES string of the molecule is NC(=O)NC(=O)[C@H](c1ccccc1)[NH+]1CCN(c2ccc(C(F)(F)F)c[nH+]2)CC1. The van der Waals surface area contributed by atoms with Gasteiger partial charge in [0.05, 0.1) is 5.56 Å². The van der Waals surface area contributed by atoms with Crippen LogP contribution < -0.4 is 25.8 Å². The Morgan fingerprint density at radius 2 is 1.76 bits per heavy atom. The molecule has 7 nitrogen and oxygen atoms in total. The number of hydrogen-bond acceptors (Lipinski definition) is 3. The summed E-state index contributed by atoms with van der Waals surface area (Å²) in [5.74, 6) is 0.100. The molecule has 10 heteroatoms. The highest BCUT2D eigenvalue weighted by Crippen LogP contribution is 2.28. The first-order chi connectivity index (χ1) is 13.8. The van der Waals surface area contributed by atoms with Gasteiger partial charge in [-0.1, -0.05) is 30.3 Å². The molecule has 0 aliphatic carbocycles. The number of benzene rings is 1. The number of nitrogens with two attached hydrogens (primary N) is 1. The number of nitrogens with one attached hydrogen (secondary N) is 3. The van der Waals surface area contributed by atoms with Gasteiger partial charge in [-0.2, -0.15) is 13.2 Å². The van der Waals surface area contributed by atoms with Crippen molar-refractivity contribution in [3.05, 3.63) is 59.8 Å². The molecule has 0 bridgehead atoms. The van der Waals surface area contributed by atoms with Gasteiger partial charge in [-0.15, -0.1) is 0 Å². The molecule has 1 aliphatic rings. The van der Waals surface area contributed by atoms with E-state index in [2.05, 4.69) is 10.3 Å². The molecule has 0 spiro atoms. The summed E-state index contributed by atoms with van der Waals surface area (Å²) in [5, 5.41) is 2.15. The monoisotopic (exact) mass is 409 g/mol. The Balaban J connectivity index is 1.71. The summed E-state index contributed by atoms with van der Waals surface area (Å²) in [6.07, 6.45) is -3.45. The van der Waals surface area contributed by atoms with E-state index in [4.69, 9.17) is 5.73 Å². The number of rotatable bonds is 4. The maximum atomic E-state index is 12.7. The van der Waals surface area contributed by atoms with Crippen LogP contribution in [0.2, 0.25) is 0 Å². The van der Waals surface area contributed by atoms with Gasteiger partial charge in [-0.25, -0.2) is 9.78 Å². The normalized spacial score (nSPS) is 16.3. The van der Waals surface area contributed by atoms with Gasteiger partial charge in [0, 0.05) is 11.6 Å². The van der Waals surface area contributed by atoms with Crippen LogP contribution in [-0.4, -0.2) is 38.1 Å². The lowest BCUT2D eigenvalue weighted by Gasteiger charge is -2.33. The van der Waals surface area contributed by atoms with Crippen LogP contribution in [0.4, 0.5) is 23.8 Å². The molecule has 0 radical (unpaired) electrons. The lowest BCUT2D eigenvalue weighted by Crippen LogP contribution is -3.16. The van der Waals surface area contributed by atoms with E-state index in [1.54, 1.807) is 0 Å². The maximum Gasteiger partial charge on any atom is 0.419 e. The van der Waals surface area contributed by atoms with Crippen molar-refractivity contribution < 1.29 is 32.6 Å². The fourth-order valence-electron chi connectivity index (χ4n) is 3.52. The summed E-state index contributed by atoms with van der Waals surface area (Å²) in [6, 6.07) is 10.0. The number of quaternary nitrogens is 1. The van der Waals surface area contributed by atoms with Crippen LogP contribution >= 0.6 is 0 Å². The number of hydrogen-bond donors (Lipinski definition) is 3. The van der Waals surface area contributed by atoms with E-state index in [9.17, 15) is 22.8 Å². The summed E-state index contributed by atoms with van der Waals surface area (Å²) >= 11 is 0. The van der Waals surface area contributed by atoms with Crippen molar-refractivity contribution in [1.29, 1.82) is 0 Å². The topological polar surface area (TPSA) is 94.0 Å². The molecular weight excluding hydrogens is 387 g/mol. The van der Waals surface area contributed by atoms with E-state index in [0.29, 0.717) is 32.0 Å². The summed E-state index contributed by atoms with van der Waals surface area (Å²) < 4.78 is 38.2. The van der Waals surface area contributed by atoms with Gasteiger partial charge in [0.2, 0.25) is 0 Å². The molecule has 1 aromatic carbocycles. The zero-order valence-electron chi connectivity index (χ0n) is 15.5. The van der Waals surface area contributed by atoms with Gasteiger partial charge >= 0.3 is 12.2 Å². The number of piperazine rings is 1. The lowest BCUT2D eigenvalue weighted by molar-refractivity contribution is -0.922. The van der Waals surface area contributed by atoms with Crippen LogP contribution in [0.15, 0.2) is 48.7 Å². The number of imide groups is 1. The van der Waals surface area contributed by atoms with E-state index >= 15 is 0 Å². The van der Waals surface area contributed by atoms with Gasteiger partial charge in [0.15, 0.2) is 6.04 Å². The van der Waals surface area contributed by atoms with Crippen molar-refractivity contribution in [2.75, 3.05) is 31.1 Å². The molecule has 5 N–H and O–H groups in total. The summed E-state index contributed by atoms with van der Waals surface area (Å²) in [7, 11) is 0. The van der Waals surface area contributed by atoms with Gasteiger partial charge in [0.1, 0.15) is 32.4 Å². The van der Waals surface area contributed by atoms with E-state index in [0.717, 1.165) is 22.7 Å². The van der Waals surface area contributed by atoms with E-state index in [1.165, 1.54) is 6.07 Å². The zero-order valence-corrected chi connectivity index (χ0v) is 15.5. The van der Waals surface area contributed by atoms with Gasteiger partial charge in [-0.3, -0.25) is 15.0 Å². The number of pyridine rings is 1. The number of aromatic amines is 1. The molecule has 1 aromatic heterocycles. The quantitative estimate of drug-likeness (QED) is 0.672. The van der Waals surface area contributed by atoms with E-state index in [1.807, 2.05) is 35.2 Å². The second-order valence-corrected chi connectivity index (χ2v) is 6.80. The first-order valence-electron chi connectivity index (χ1n) is 9.09. The molecule has 1 saturated heterocycles. The predicted octanol–water partition coefficient (Wildman–Crippen LogP) is 0.161. The van der Waals surface area contributed by atoms with Gasteiger partial charge < -0.3 is 10.6 Å². The standard InChI is InChI=1S/C19H20F3N5O2/c20-19(21,22)14-6-7-15(24-12-14)26-8-10-27(11-9-26)16(17(28)25-18(23)29)13-4-2-1-3-5-13/h1-7,12,16H,8-11H2,(H3,23,25,28,29)/p+2/t16-/m0/s1. The largest absolute Gasteiger partial charge is 0.419 e. The molecule has 0 saturated carbocycles. The molecule has 154 valence electrons. The second-order valence-electron chi connectivity index (χ2n) is 6.80. The Hall–Kier alpha value is -3.14. The highest BCUT2D eigenvalue weighted by molar-refractivity contribution is 5.96. The molecule has 3 amide bonds. The minimum Gasteiger partial charge on any atom is -0.351 e. The third-order valence-corrected chi connectivity index (χ3v) is 4.92. The first-order valence-corrected chi connectivity index (χ1v) is 9.09. The van der Waals surface area contributed by atoms with Crippen molar-refractivity contribution in [2.24, 2.45) is 5.73 Å². The first kappa shape index (κ1) is 20.6. The van der Waals surface area contributed by atoms with Crippen molar-refractivity contribution in [3.8, 4) is 0 Å². The Morgan fingerprint density at radius 1 is 1.10 bits per heavy atom. The molecule has 2 heterocycles. The van der Waals surface area contributed by atoms with Crippen molar-refractivity contribution >= 4 is 17.8 Å². The Bertz CT molecular complexity index is 850. The number of carbonyl (C=O) groups excluding carboxylic acids is 2. The van der Waals surface area contributed by atoms with Crippen LogP contribution in [-0.2, 0) is 11.0 Å². The third kappa shape index (κ3) is 5.02. The third-order valence-electron chi connectivity index (χ3n) is 4.92. The number of primary amides is 1. The van der Waals surface area contributed by atoms with E-state index in [-0.39, 0.29) is 0 Å². The van der Waals surface area contributed by atoms with Crippen LogP contribution in [0.3, 0.4) is 0 Å². The highest BCUT2D eigenvalue weighted by atomic mass is 19.4. The number of anilines is 1. The van der Waals surface area contributed by atoms with Crippen molar-refractivity contribution in [1.82, 2.24) is 5.32 Å². The second kappa shape index (κ2) is 8.48. The summed E-state index contributed by atoms with van der Waals surface area (Å²) in [4.78, 5) is 29.3. The molecule has 29 heavy (non-hydrogen) atoms. The van der Waals surface area contributed by atoms with Gasteiger partial charge in [0.25, 0.3) is 11.7 Å². The number of alkyl halides is 3. The zero-order chi connectivity index (χ0) is 21.0. The molecular formula is C19H22F3N5O2+2. The number of urea groups is 1. The van der Waals surface area contributed by atoms with E-state index < -0.39 is 29.7 Å². The minimum absolute atomic E-state index is 0.478. The molecule has 1 atom stereocenters. The number of nitrogens with zero attached hydrogens (tertiary/aromatic N) is 1. The highest BCUT2D eigenvalue weighted by Gasteiger charge is 2.37. The number of aromatic nitrogens is 1. The molecule has 1 fully saturated rings. The average Bonchev–Trinajstić information content (AvgIpc) is 2.68. The fourth-order valence-corrected chi connectivity index (χ4v) is 3.52. The summed E-state index contributed by atoms with van der Waals surface area (Å²) in [6.45, 7) is 2.18. The van der Waals surface area contributed by atoms with Crippen molar-refractivity contribution in [3.63, 3.8) is 0 Å². The van der Waals surface area contributed by atoms with Crippen LogP contribution in [0, 0.1) is 0 Å². The van der Waals surface area contributed by atoms with Crippen LogP contribution in [0.1, 0.15) is 17.2 Å². The molecule has 0 unspecified atom stereocenters. The number of carbonyl (C=O) groups is 2. The van der Waals surface area contributed by atoms with Crippen molar-refractivity contribution in [2.45, 2.75) is 12.2 Å². The Labute approximate surface area is 165 Å². The minimum atomic E-state index is -4.39. The number of halogens is 3. The fraction of sp³-hybridized carbons (Fsp3) is 0.316. The van der Waals surface area contributed by atoms with Crippen LogP contribution in [0.25, 0.3) is 0 Å². The molecule has 3 rings (SSSR count). The Kier molecular flexibility index (Phi) is 6.02. The predicted molar refractivity (Wildman–Crippen MR) is 97.8 cm³/mol. The molecule has 1 aliphatic heterocycles. The van der Waals surface area contributed by atoms with Gasteiger partial charge in [-0.05, 0) is 6.07 Å². The Morgan fingerprint density at radius 3 is 2.28 bits per heavy atom. The number of H-pyrrole nitrogens is 1. The lowest BCUT2D eigenvalue weighted by atomic mass is 10.0.